The van der Waals surface area contributed by atoms with Crippen molar-refractivity contribution < 1.29 is 23.8 Å². The van der Waals surface area contributed by atoms with E-state index >= 15 is 0 Å². The molecular formula is C22H17NO5S. The minimum atomic E-state index is -3.92. The second-order valence-electron chi connectivity index (χ2n) is 6.44. The van der Waals surface area contributed by atoms with Gasteiger partial charge in [-0.15, -0.1) is 4.73 Å². The minimum absolute atomic E-state index is 0.00470. The summed E-state index contributed by atoms with van der Waals surface area (Å²) in [6, 6.07) is 23.3. The van der Waals surface area contributed by atoms with E-state index in [4.69, 9.17) is 0 Å². The monoisotopic (exact) mass is 407 g/mol. The lowest BCUT2D eigenvalue weighted by Gasteiger charge is -2.11. The highest BCUT2D eigenvalue weighted by molar-refractivity contribution is 7.91. The summed E-state index contributed by atoms with van der Waals surface area (Å²) < 4.78 is 26.7. The van der Waals surface area contributed by atoms with Gasteiger partial charge in [0.05, 0.1) is 15.4 Å². The Bertz CT molecular complexity index is 1280. The Hall–Kier alpha value is -3.71. The van der Waals surface area contributed by atoms with Crippen LogP contribution in [-0.4, -0.2) is 28.6 Å². The molecule has 0 unspecified atom stereocenters. The number of benzene rings is 3. The van der Waals surface area contributed by atoms with Gasteiger partial charge in [-0.25, -0.2) is 8.42 Å². The van der Waals surface area contributed by atoms with Crippen molar-refractivity contribution in [1.82, 2.24) is 4.73 Å². The van der Waals surface area contributed by atoms with Gasteiger partial charge >= 0.3 is 0 Å². The maximum Gasteiger partial charge on any atom is 0.237 e. The van der Waals surface area contributed by atoms with Crippen LogP contribution in [0.2, 0.25) is 0 Å². The average molecular weight is 407 g/mol. The number of nitrogens with zero attached hydrogens (tertiary/aromatic N) is 1. The topological polar surface area (TPSA) is 99.8 Å². The number of aromatic hydroxyl groups is 2. The maximum atomic E-state index is 13.3. The molecule has 29 heavy (non-hydrogen) atoms. The lowest BCUT2D eigenvalue weighted by molar-refractivity contribution is 0.131. The zero-order chi connectivity index (χ0) is 20.6. The Morgan fingerprint density at radius 1 is 0.690 bits per heavy atom. The molecular weight excluding hydrogens is 390 g/mol. The second kappa shape index (κ2) is 7.03. The van der Waals surface area contributed by atoms with Crippen LogP contribution < -0.4 is 0 Å². The van der Waals surface area contributed by atoms with Crippen LogP contribution in [0.4, 0.5) is 0 Å². The highest BCUT2D eigenvalue weighted by Crippen LogP contribution is 2.39. The molecule has 0 bridgehead atoms. The van der Waals surface area contributed by atoms with E-state index in [9.17, 15) is 23.8 Å². The average Bonchev–Trinajstić information content (AvgIpc) is 3.01. The van der Waals surface area contributed by atoms with Gasteiger partial charge in [0.1, 0.15) is 0 Å². The van der Waals surface area contributed by atoms with E-state index in [0.717, 1.165) is 17.2 Å². The molecule has 0 aliphatic carbocycles. The first-order chi connectivity index (χ1) is 13.9. The van der Waals surface area contributed by atoms with Crippen molar-refractivity contribution in [2.45, 2.75) is 9.79 Å². The quantitative estimate of drug-likeness (QED) is 0.438. The van der Waals surface area contributed by atoms with E-state index in [2.05, 4.69) is 0 Å². The third kappa shape index (κ3) is 3.21. The SMILES string of the molecule is O=S(=O)(c1ccc(-c2ccccc2)cc1)c1ccccc1-c1cc(O)n(O)c1O. The van der Waals surface area contributed by atoms with Crippen molar-refractivity contribution in [3.05, 3.63) is 84.9 Å². The molecule has 0 saturated heterocycles. The summed E-state index contributed by atoms with van der Waals surface area (Å²) in [7, 11) is -3.92. The van der Waals surface area contributed by atoms with Crippen molar-refractivity contribution in [2.24, 2.45) is 0 Å². The molecule has 0 spiro atoms. The number of rotatable bonds is 4. The summed E-state index contributed by atoms with van der Waals surface area (Å²) in [4.78, 5) is 0.0464. The van der Waals surface area contributed by atoms with E-state index in [0.29, 0.717) is 0 Å². The lowest BCUT2D eigenvalue weighted by atomic mass is 10.1. The van der Waals surface area contributed by atoms with Gasteiger partial charge in [-0.3, -0.25) is 0 Å². The van der Waals surface area contributed by atoms with Gasteiger partial charge in [0, 0.05) is 11.6 Å². The molecule has 0 fully saturated rings. The van der Waals surface area contributed by atoms with Crippen LogP contribution in [-0.2, 0) is 9.84 Å². The van der Waals surface area contributed by atoms with E-state index < -0.39 is 21.6 Å². The molecule has 1 heterocycles. The van der Waals surface area contributed by atoms with Crippen LogP contribution in [0.3, 0.4) is 0 Å². The standard InChI is InChI=1S/C22H17NO5S/c24-21-14-19(22(25)23(21)26)18-8-4-5-9-20(18)29(27,28)17-12-10-16(11-13-17)15-6-2-1-3-7-15/h1-14,24-26H. The first-order valence-corrected chi connectivity index (χ1v) is 10.2. The second-order valence-corrected chi connectivity index (χ2v) is 8.36. The zero-order valence-electron chi connectivity index (χ0n) is 15.1. The fourth-order valence-corrected chi connectivity index (χ4v) is 4.66. The summed E-state index contributed by atoms with van der Waals surface area (Å²) in [6.07, 6.45) is 0. The van der Waals surface area contributed by atoms with Crippen molar-refractivity contribution in [1.29, 1.82) is 0 Å². The summed E-state index contributed by atoms with van der Waals surface area (Å²) in [6.45, 7) is 0. The number of hydrogen-bond donors (Lipinski definition) is 3. The number of sulfone groups is 1. The molecule has 3 aromatic carbocycles. The van der Waals surface area contributed by atoms with Gasteiger partial charge in [0.15, 0.2) is 0 Å². The molecule has 3 N–H and O–H groups in total. The lowest BCUT2D eigenvalue weighted by Crippen LogP contribution is -2.04. The summed E-state index contributed by atoms with van der Waals surface area (Å²) >= 11 is 0. The molecule has 4 aromatic rings. The fraction of sp³-hybridized carbons (Fsp3) is 0. The Labute approximate surface area is 167 Å². The predicted octanol–water partition coefficient (Wildman–Crippen LogP) is 4.30. The molecule has 146 valence electrons. The molecule has 7 heteroatoms. The third-order valence-electron chi connectivity index (χ3n) is 4.67. The zero-order valence-corrected chi connectivity index (χ0v) is 15.9. The highest BCUT2D eigenvalue weighted by Gasteiger charge is 2.25. The highest BCUT2D eigenvalue weighted by atomic mass is 32.2. The van der Waals surface area contributed by atoms with Gasteiger partial charge < -0.3 is 15.4 Å². The van der Waals surface area contributed by atoms with Crippen LogP contribution in [0, 0.1) is 0 Å². The van der Waals surface area contributed by atoms with E-state index in [1.54, 1.807) is 24.3 Å². The van der Waals surface area contributed by atoms with Crippen LogP contribution >= 0.6 is 0 Å². The molecule has 1 aromatic heterocycles. The summed E-state index contributed by atoms with van der Waals surface area (Å²) in [5.74, 6) is -1.25. The fourth-order valence-electron chi connectivity index (χ4n) is 3.18. The van der Waals surface area contributed by atoms with Crippen LogP contribution in [0.1, 0.15) is 0 Å². The molecule has 0 saturated carbocycles. The number of aromatic nitrogens is 1. The molecule has 0 amide bonds. The van der Waals surface area contributed by atoms with Crippen LogP contribution in [0.5, 0.6) is 11.8 Å². The van der Waals surface area contributed by atoms with Gasteiger partial charge in [0.25, 0.3) is 0 Å². The Kier molecular flexibility index (Phi) is 4.52. The first-order valence-electron chi connectivity index (χ1n) is 8.72. The predicted molar refractivity (Wildman–Crippen MR) is 108 cm³/mol. The Balaban J connectivity index is 1.80. The van der Waals surface area contributed by atoms with E-state index in [1.807, 2.05) is 30.3 Å². The smallest absolute Gasteiger partial charge is 0.237 e. The largest absolute Gasteiger partial charge is 0.492 e. The van der Waals surface area contributed by atoms with Crippen molar-refractivity contribution in [3.63, 3.8) is 0 Å². The number of hydrogen-bond acceptors (Lipinski definition) is 5. The van der Waals surface area contributed by atoms with Gasteiger partial charge in [-0.1, -0.05) is 60.7 Å². The Morgan fingerprint density at radius 2 is 1.28 bits per heavy atom. The van der Waals surface area contributed by atoms with E-state index in [1.165, 1.54) is 24.3 Å². The minimum Gasteiger partial charge on any atom is -0.492 e. The molecule has 0 atom stereocenters. The molecule has 0 radical (unpaired) electrons. The normalized spacial score (nSPS) is 11.4. The van der Waals surface area contributed by atoms with Gasteiger partial charge in [-0.2, -0.15) is 0 Å². The summed E-state index contributed by atoms with van der Waals surface area (Å²) in [5, 5.41) is 29.3. The van der Waals surface area contributed by atoms with Crippen molar-refractivity contribution in [3.8, 4) is 34.0 Å². The van der Waals surface area contributed by atoms with Gasteiger partial charge in [-0.05, 0) is 29.3 Å². The van der Waals surface area contributed by atoms with Crippen molar-refractivity contribution in [2.75, 3.05) is 0 Å². The molecule has 4 rings (SSSR count). The van der Waals surface area contributed by atoms with Crippen LogP contribution in [0.15, 0.2) is 94.7 Å². The van der Waals surface area contributed by atoms with Crippen molar-refractivity contribution >= 4 is 9.84 Å². The van der Waals surface area contributed by atoms with Crippen LogP contribution in [0.25, 0.3) is 22.3 Å². The summed E-state index contributed by atoms with van der Waals surface area (Å²) in [5.41, 5.74) is 2.03. The maximum absolute atomic E-state index is 13.3. The third-order valence-corrected chi connectivity index (χ3v) is 6.50. The first kappa shape index (κ1) is 18.6. The molecule has 0 aliphatic heterocycles. The molecule has 6 nitrogen and oxygen atoms in total. The van der Waals surface area contributed by atoms with E-state index in [-0.39, 0.29) is 25.6 Å². The Morgan fingerprint density at radius 3 is 1.90 bits per heavy atom. The van der Waals surface area contributed by atoms with Gasteiger partial charge in [0.2, 0.25) is 21.6 Å². The molecule has 0 aliphatic rings.